The fraction of sp³-hybridized carbons (Fsp3) is 0.0455. The van der Waals surface area contributed by atoms with Gasteiger partial charge in [0.2, 0.25) is 0 Å². The van der Waals surface area contributed by atoms with Crippen molar-refractivity contribution in [3.63, 3.8) is 0 Å². The molecule has 9 heteroatoms. The second-order valence-electron chi connectivity index (χ2n) is 6.33. The monoisotopic (exact) mass is 440 g/mol. The van der Waals surface area contributed by atoms with Gasteiger partial charge in [-0.15, -0.1) is 0 Å². The van der Waals surface area contributed by atoms with E-state index in [-0.39, 0.29) is 16.1 Å². The number of hydrogen-bond acceptors (Lipinski definition) is 5. The van der Waals surface area contributed by atoms with Gasteiger partial charge in [-0.05, 0) is 34.8 Å². The lowest BCUT2D eigenvalue weighted by Crippen LogP contribution is -1.94. The maximum absolute atomic E-state index is 12.6. The van der Waals surface area contributed by atoms with Crippen LogP contribution in [0.4, 0.5) is 14.5 Å². The van der Waals surface area contributed by atoms with E-state index in [1.807, 2.05) is 30.3 Å². The van der Waals surface area contributed by atoms with Crippen molar-refractivity contribution < 1.29 is 22.3 Å². The summed E-state index contributed by atoms with van der Waals surface area (Å²) in [4.78, 5) is 3.21. The van der Waals surface area contributed by atoms with E-state index in [1.54, 1.807) is 18.2 Å². The van der Waals surface area contributed by atoms with Crippen LogP contribution < -0.4 is 10.5 Å². The van der Waals surface area contributed by atoms with Gasteiger partial charge in [0.25, 0.3) is 0 Å². The van der Waals surface area contributed by atoms with E-state index < -0.39 is 22.7 Å². The average Bonchev–Trinajstić information content (AvgIpc) is 3.19. The van der Waals surface area contributed by atoms with Gasteiger partial charge < -0.3 is 20.0 Å². The molecule has 4 aromatic rings. The largest absolute Gasteiger partial charge is 0.768 e. The maximum Gasteiger partial charge on any atom is 0.147 e. The third kappa shape index (κ3) is 5.45. The van der Waals surface area contributed by atoms with Crippen molar-refractivity contribution in [3.05, 3.63) is 89.6 Å². The molecule has 3 N–H and O–H groups in total. The summed E-state index contributed by atoms with van der Waals surface area (Å²) >= 11 is -2.23. The number of anilines is 1. The highest BCUT2D eigenvalue weighted by atomic mass is 32.2. The van der Waals surface area contributed by atoms with Crippen LogP contribution in [0.15, 0.2) is 71.8 Å². The molecule has 1 atom stereocenters. The number of nitrogen functional groups attached to an aromatic ring is 1. The second-order valence-corrected chi connectivity index (χ2v) is 7.24. The fourth-order valence-electron chi connectivity index (χ4n) is 2.70. The third-order valence-electron chi connectivity index (χ3n) is 4.25. The number of halogens is 2. The van der Waals surface area contributed by atoms with Gasteiger partial charge in [-0.1, -0.05) is 30.3 Å². The maximum atomic E-state index is 12.6. The molecule has 1 unspecified atom stereocenters. The lowest BCUT2D eigenvalue weighted by molar-refractivity contribution is 0.306. The summed E-state index contributed by atoms with van der Waals surface area (Å²) in [7, 11) is 0. The molecule has 1 heterocycles. The van der Waals surface area contributed by atoms with Crippen LogP contribution in [0.25, 0.3) is 10.9 Å². The van der Waals surface area contributed by atoms with Gasteiger partial charge in [-0.2, -0.15) is 5.26 Å². The molecular weight excluding hydrogens is 424 g/mol. The molecule has 0 spiro atoms. The Morgan fingerprint density at radius 3 is 2.52 bits per heavy atom. The fourth-order valence-corrected chi connectivity index (χ4v) is 3.21. The molecule has 0 saturated heterocycles. The summed E-state index contributed by atoms with van der Waals surface area (Å²) in [5.74, 6) is -0.874. The van der Waals surface area contributed by atoms with E-state index in [4.69, 9.17) is 15.7 Å². The number of nitrogens with zero attached hydrogens (tertiary/aromatic N) is 1. The quantitative estimate of drug-likeness (QED) is 0.360. The number of nitrogens with one attached hydrogen (secondary N) is 1. The molecule has 158 valence electrons. The van der Waals surface area contributed by atoms with Gasteiger partial charge in [0, 0.05) is 23.7 Å². The number of aromatic nitrogens is 1. The molecule has 0 radical (unpaired) electrons. The summed E-state index contributed by atoms with van der Waals surface area (Å²) in [6.07, 6.45) is 1.48. The third-order valence-corrected chi connectivity index (χ3v) is 4.95. The topological polar surface area (TPSA) is 115 Å². The minimum absolute atomic E-state index is 0.273. The van der Waals surface area contributed by atoms with Crippen molar-refractivity contribution in [1.82, 2.24) is 4.98 Å². The van der Waals surface area contributed by atoms with Crippen LogP contribution in [0, 0.1) is 23.0 Å². The van der Waals surface area contributed by atoms with Crippen LogP contribution in [0.5, 0.6) is 5.75 Å². The molecule has 6 nitrogen and oxygen atoms in total. The number of hydrogen-bond donors (Lipinski definition) is 2. The van der Waals surface area contributed by atoms with E-state index in [2.05, 4.69) is 4.98 Å². The smallest absolute Gasteiger partial charge is 0.147 e. The molecule has 0 fully saturated rings. The van der Waals surface area contributed by atoms with Gasteiger partial charge in [0.05, 0.1) is 21.7 Å². The van der Waals surface area contributed by atoms with E-state index >= 15 is 0 Å². The van der Waals surface area contributed by atoms with Crippen LogP contribution in [0.3, 0.4) is 0 Å². The number of nitrogens with two attached hydrogens (primary N) is 1. The minimum Gasteiger partial charge on any atom is -0.768 e. The Morgan fingerprint density at radius 2 is 1.84 bits per heavy atom. The Kier molecular flexibility index (Phi) is 6.97. The van der Waals surface area contributed by atoms with Crippen LogP contribution in [-0.4, -0.2) is 13.7 Å². The number of fused-ring (bicyclic) bond motifs is 1. The van der Waals surface area contributed by atoms with E-state index in [0.717, 1.165) is 23.2 Å². The molecule has 31 heavy (non-hydrogen) atoms. The van der Waals surface area contributed by atoms with Crippen molar-refractivity contribution in [2.45, 2.75) is 11.5 Å². The highest BCUT2D eigenvalue weighted by Gasteiger charge is 2.06. The van der Waals surface area contributed by atoms with Gasteiger partial charge in [-0.3, -0.25) is 4.21 Å². The molecule has 3 aromatic carbocycles. The first kappa shape index (κ1) is 22.0. The van der Waals surface area contributed by atoms with Crippen molar-refractivity contribution >= 4 is 27.7 Å². The Hall–Kier alpha value is -3.74. The van der Waals surface area contributed by atoms with Crippen LogP contribution in [0.2, 0.25) is 0 Å². The average molecular weight is 440 g/mol. The normalized spacial score (nSPS) is 11.3. The summed E-state index contributed by atoms with van der Waals surface area (Å²) in [5.41, 5.74) is 6.22. The number of benzene rings is 3. The number of rotatable bonds is 4. The van der Waals surface area contributed by atoms with Crippen molar-refractivity contribution in [2.24, 2.45) is 0 Å². The van der Waals surface area contributed by atoms with Crippen LogP contribution in [-0.2, 0) is 17.7 Å². The van der Waals surface area contributed by atoms with Crippen LogP contribution in [0.1, 0.15) is 11.1 Å². The van der Waals surface area contributed by atoms with Crippen molar-refractivity contribution in [3.8, 4) is 11.8 Å². The van der Waals surface area contributed by atoms with Crippen molar-refractivity contribution in [2.75, 3.05) is 5.73 Å². The zero-order valence-corrected chi connectivity index (χ0v) is 16.8. The summed E-state index contributed by atoms with van der Waals surface area (Å²) in [5, 5.41) is 8.91. The highest BCUT2D eigenvalue weighted by Crippen LogP contribution is 2.25. The highest BCUT2D eigenvalue weighted by molar-refractivity contribution is 7.79. The Bertz CT molecular complexity index is 1270. The molecule has 1 aromatic heterocycles. The first-order chi connectivity index (χ1) is 14.9. The first-order valence-corrected chi connectivity index (χ1v) is 9.98. The Labute approximate surface area is 179 Å². The van der Waals surface area contributed by atoms with Crippen LogP contribution >= 0.6 is 0 Å². The lowest BCUT2D eigenvalue weighted by atomic mass is 10.2. The Balaban J connectivity index is 0.000000210. The van der Waals surface area contributed by atoms with Gasteiger partial charge >= 0.3 is 0 Å². The molecule has 0 saturated carbocycles. The summed E-state index contributed by atoms with van der Waals surface area (Å²) in [6.45, 7) is 0.480. The second kappa shape index (κ2) is 9.84. The van der Waals surface area contributed by atoms with Gasteiger partial charge in [-0.25, -0.2) is 8.78 Å². The predicted octanol–water partition coefficient (Wildman–Crippen LogP) is 4.40. The van der Waals surface area contributed by atoms with E-state index in [9.17, 15) is 17.5 Å². The van der Waals surface area contributed by atoms with Crippen molar-refractivity contribution in [1.29, 1.82) is 5.26 Å². The zero-order valence-electron chi connectivity index (χ0n) is 16.0. The standard InChI is InChI=1S/C15H13NO3S.C7H4F2N2/c17-20(18)15-9-16-14-8-12(6-7-13(14)15)19-10-11-4-2-1-3-5-11;8-5-2-7(11)6(9)1-4(5)3-10/h1-9,16H,10H2,(H,17,18);1-2H,11H2/p-1. The molecule has 0 amide bonds. The Morgan fingerprint density at radius 1 is 1.10 bits per heavy atom. The molecule has 0 aliphatic heterocycles. The number of nitriles is 1. The number of aromatic amines is 1. The minimum atomic E-state index is -2.23. The number of H-pyrrole nitrogens is 1. The predicted molar refractivity (Wildman–Crippen MR) is 112 cm³/mol. The summed E-state index contributed by atoms with van der Waals surface area (Å²) < 4.78 is 52.8. The van der Waals surface area contributed by atoms with Gasteiger partial charge in [0.1, 0.15) is 30.1 Å². The lowest BCUT2D eigenvalue weighted by Gasteiger charge is -2.07. The van der Waals surface area contributed by atoms with E-state index in [1.165, 1.54) is 12.3 Å². The number of ether oxygens (including phenoxy) is 1. The SMILES string of the molecule is N#Cc1cc(F)c(N)cc1F.O=S([O-])c1c[nH]c2cc(OCc3ccccc3)ccc12. The zero-order chi connectivity index (χ0) is 22.4. The first-order valence-electron chi connectivity index (χ1n) is 8.90. The molecule has 0 aliphatic rings. The van der Waals surface area contributed by atoms with Gasteiger partial charge in [0.15, 0.2) is 0 Å². The molecule has 0 aliphatic carbocycles. The molecular formula is C22H16F2N3O3S-. The molecule has 0 bridgehead atoms. The summed E-state index contributed by atoms with van der Waals surface area (Å²) in [6, 6.07) is 18.2. The molecule has 4 rings (SSSR count). The van der Waals surface area contributed by atoms with E-state index in [0.29, 0.717) is 17.7 Å².